The Kier molecular flexibility index (Phi) is 8.41. The summed E-state index contributed by atoms with van der Waals surface area (Å²) in [6.07, 6.45) is -1.47. The molecule has 11 heteroatoms. The van der Waals surface area contributed by atoms with E-state index in [1.54, 1.807) is 45.9 Å². The number of hydrogen-bond acceptors (Lipinski definition) is 6. The summed E-state index contributed by atoms with van der Waals surface area (Å²) in [4.78, 5) is 44.3. The fourth-order valence-electron chi connectivity index (χ4n) is 4.51. The first-order chi connectivity index (χ1) is 18.8. The van der Waals surface area contributed by atoms with E-state index in [0.717, 1.165) is 5.56 Å². The molecule has 0 bridgehead atoms. The number of halogens is 1. The van der Waals surface area contributed by atoms with E-state index in [1.165, 1.54) is 4.90 Å². The lowest BCUT2D eigenvalue weighted by atomic mass is 9.84. The van der Waals surface area contributed by atoms with Crippen LogP contribution in [-0.4, -0.2) is 54.3 Å². The van der Waals surface area contributed by atoms with Gasteiger partial charge in [-0.05, 0) is 44.9 Å². The number of hydrogen-bond donors (Lipinski definition) is 2. The number of rotatable bonds is 6. The lowest BCUT2D eigenvalue weighted by Crippen LogP contribution is -2.63. The number of benzene rings is 2. The quantitative estimate of drug-likeness (QED) is 0.474. The highest BCUT2D eigenvalue weighted by Gasteiger charge is 2.45. The summed E-state index contributed by atoms with van der Waals surface area (Å²) in [6, 6.07) is 14.4. The Hall–Kier alpha value is -3.63. The van der Waals surface area contributed by atoms with Gasteiger partial charge in [-0.1, -0.05) is 61.0 Å². The van der Waals surface area contributed by atoms with Gasteiger partial charge < -0.3 is 19.5 Å². The van der Waals surface area contributed by atoms with Crippen molar-refractivity contribution in [3.05, 3.63) is 64.7 Å². The fourth-order valence-corrected chi connectivity index (χ4v) is 4.89. The second-order valence-electron chi connectivity index (χ2n) is 11.7. The van der Waals surface area contributed by atoms with Gasteiger partial charge in [0.25, 0.3) is 0 Å². The molecule has 0 saturated carbocycles. The first-order valence-electron chi connectivity index (χ1n) is 13.0. The molecule has 214 valence electrons. The van der Waals surface area contributed by atoms with Gasteiger partial charge in [-0.25, -0.2) is 9.59 Å². The minimum absolute atomic E-state index is 0.0267. The minimum Gasteiger partial charge on any atom is -0.444 e. The second kappa shape index (κ2) is 11.5. The number of anilines is 1. The third-order valence-electron chi connectivity index (χ3n) is 6.52. The maximum Gasteiger partial charge on any atom is 0.437 e. The van der Waals surface area contributed by atoms with Crippen molar-refractivity contribution in [3.63, 3.8) is 0 Å². The molecular weight excluding hydrogens is 536 g/mol. The molecule has 40 heavy (non-hydrogen) atoms. The van der Waals surface area contributed by atoms with Crippen molar-refractivity contribution in [2.75, 3.05) is 25.1 Å². The Bertz CT molecular complexity index is 1310. The van der Waals surface area contributed by atoms with Crippen molar-refractivity contribution >= 4 is 41.3 Å². The van der Waals surface area contributed by atoms with Crippen LogP contribution in [0.25, 0.3) is 0 Å². The van der Waals surface area contributed by atoms with E-state index in [0.29, 0.717) is 31.0 Å². The molecule has 3 amide bonds. The van der Waals surface area contributed by atoms with E-state index in [9.17, 15) is 14.4 Å². The number of amides is 3. The Labute approximate surface area is 239 Å². The van der Waals surface area contributed by atoms with Crippen LogP contribution in [0.3, 0.4) is 0 Å². The van der Waals surface area contributed by atoms with E-state index in [4.69, 9.17) is 25.8 Å². The van der Waals surface area contributed by atoms with Crippen LogP contribution >= 0.6 is 11.6 Å². The molecule has 10 nitrogen and oxygen atoms in total. The van der Waals surface area contributed by atoms with Gasteiger partial charge in [0.1, 0.15) is 12.2 Å². The van der Waals surface area contributed by atoms with Gasteiger partial charge in [-0.15, -0.1) is 4.99 Å². The summed E-state index contributed by atoms with van der Waals surface area (Å²) in [6.45, 7) is 10.4. The predicted octanol–water partition coefficient (Wildman–Crippen LogP) is 5.45. The van der Waals surface area contributed by atoms with Crippen molar-refractivity contribution in [2.45, 2.75) is 58.8 Å². The minimum atomic E-state index is -1.05. The maximum atomic E-state index is 13.6. The summed E-state index contributed by atoms with van der Waals surface area (Å²) in [7, 11) is 0. The fraction of sp³-hybridized carbons (Fsp3) is 0.448. The molecule has 2 aromatic carbocycles. The lowest BCUT2D eigenvalue weighted by molar-refractivity contribution is -0.141. The monoisotopic (exact) mass is 570 g/mol. The number of nitrogens with zero attached hydrogens (tertiary/aromatic N) is 2. The average molecular weight is 571 g/mol. The zero-order valence-corrected chi connectivity index (χ0v) is 24.1. The Balaban J connectivity index is 1.57. The zero-order valence-electron chi connectivity index (χ0n) is 23.4. The molecule has 2 saturated heterocycles. The summed E-state index contributed by atoms with van der Waals surface area (Å²) >= 11 is 6.77. The smallest absolute Gasteiger partial charge is 0.437 e. The van der Waals surface area contributed by atoms with Crippen molar-refractivity contribution in [1.82, 2.24) is 10.2 Å². The molecule has 0 aromatic heterocycles. The summed E-state index contributed by atoms with van der Waals surface area (Å²) in [5.74, 6) is -0.175. The summed E-state index contributed by atoms with van der Waals surface area (Å²) < 4.78 is 16.1. The molecule has 2 aliphatic rings. The summed E-state index contributed by atoms with van der Waals surface area (Å²) in [5, 5.41) is 6.17. The molecule has 4 rings (SSSR count). The number of ether oxygens (including phenoxy) is 3. The molecule has 2 N–H and O–H groups in total. The van der Waals surface area contributed by atoms with E-state index < -0.39 is 23.3 Å². The first-order valence-corrected chi connectivity index (χ1v) is 13.4. The van der Waals surface area contributed by atoms with Crippen LogP contribution in [-0.2, 0) is 31.2 Å². The lowest BCUT2D eigenvalue weighted by Gasteiger charge is -2.46. The van der Waals surface area contributed by atoms with Gasteiger partial charge in [0.2, 0.25) is 11.9 Å². The standard InChI is InChI=1S/C29H35ClN4O6/c1-27(2,3)40-26(37)32-24-33-29(5,14-22(35)34(24)16-28(4)17-38-18-28)20-12-9-13-21(23(20)30)31-25(36)39-15-19-10-7-6-8-11-19/h6-13H,14-18H2,1-5H3,(H,31,36)(H,32,33,37)/t29-/m0/s1. The number of carbonyl (C=O) groups excluding carboxylic acids is 3. The third kappa shape index (κ3) is 7.11. The van der Waals surface area contributed by atoms with Gasteiger partial charge in [-0.3, -0.25) is 15.0 Å². The van der Waals surface area contributed by atoms with Gasteiger partial charge >= 0.3 is 12.2 Å². The van der Waals surface area contributed by atoms with Crippen LogP contribution < -0.4 is 10.6 Å². The van der Waals surface area contributed by atoms with Crippen LogP contribution in [0.1, 0.15) is 52.2 Å². The molecule has 0 unspecified atom stereocenters. The van der Waals surface area contributed by atoms with Crippen LogP contribution in [0.4, 0.5) is 15.3 Å². The van der Waals surface area contributed by atoms with E-state index in [1.807, 2.05) is 37.3 Å². The number of carbonyl (C=O) groups is 3. The Morgan fingerprint density at radius 1 is 1.12 bits per heavy atom. The molecule has 0 spiro atoms. The summed E-state index contributed by atoms with van der Waals surface area (Å²) in [5.41, 5.74) is -0.369. The molecule has 2 fully saturated rings. The van der Waals surface area contributed by atoms with Crippen LogP contribution in [0, 0.1) is 5.41 Å². The SMILES string of the molecule is CC1(CN2C(=O)C[C@@](C)(c3cccc(NC(=O)OCc4ccccc4)c3Cl)N/C2=N\C(=O)OC(C)(C)C)COC1. The van der Waals surface area contributed by atoms with E-state index in [-0.39, 0.29) is 35.3 Å². The highest BCUT2D eigenvalue weighted by molar-refractivity contribution is 6.34. The van der Waals surface area contributed by atoms with Crippen molar-refractivity contribution in [1.29, 1.82) is 0 Å². The molecule has 0 aliphatic carbocycles. The van der Waals surface area contributed by atoms with Gasteiger partial charge in [-0.2, -0.15) is 0 Å². The molecule has 0 radical (unpaired) electrons. The predicted molar refractivity (Wildman–Crippen MR) is 151 cm³/mol. The van der Waals surface area contributed by atoms with Gasteiger partial charge in [0.05, 0.1) is 35.9 Å². The highest BCUT2D eigenvalue weighted by atomic mass is 35.5. The van der Waals surface area contributed by atoms with Crippen LogP contribution in [0.15, 0.2) is 53.5 Å². The zero-order chi connectivity index (χ0) is 29.1. The topological polar surface area (TPSA) is 119 Å². The molecule has 2 aromatic rings. The molecular formula is C29H35ClN4O6. The first kappa shape index (κ1) is 29.4. The number of nitrogens with one attached hydrogen (secondary N) is 2. The number of aliphatic imine (C=N–C) groups is 1. The normalized spacial score (nSPS) is 21.3. The van der Waals surface area contributed by atoms with Crippen molar-refractivity contribution in [2.24, 2.45) is 10.4 Å². The van der Waals surface area contributed by atoms with E-state index in [2.05, 4.69) is 15.6 Å². The molecule has 2 heterocycles. The molecule has 1 atom stereocenters. The Morgan fingerprint density at radius 3 is 2.45 bits per heavy atom. The van der Waals surface area contributed by atoms with Crippen molar-refractivity contribution < 1.29 is 28.6 Å². The van der Waals surface area contributed by atoms with Gasteiger partial charge in [0, 0.05) is 12.0 Å². The van der Waals surface area contributed by atoms with Crippen molar-refractivity contribution in [3.8, 4) is 0 Å². The third-order valence-corrected chi connectivity index (χ3v) is 6.93. The van der Waals surface area contributed by atoms with Crippen LogP contribution in [0.5, 0.6) is 0 Å². The maximum absolute atomic E-state index is 13.6. The van der Waals surface area contributed by atoms with E-state index >= 15 is 0 Å². The van der Waals surface area contributed by atoms with Gasteiger partial charge in [0.15, 0.2) is 0 Å². The second-order valence-corrected chi connectivity index (χ2v) is 12.1. The average Bonchev–Trinajstić information content (AvgIpc) is 2.84. The van der Waals surface area contributed by atoms with Crippen LogP contribution in [0.2, 0.25) is 5.02 Å². The largest absolute Gasteiger partial charge is 0.444 e. The Morgan fingerprint density at radius 2 is 1.82 bits per heavy atom. The number of guanidine groups is 1. The molecule has 2 aliphatic heterocycles. The highest BCUT2D eigenvalue weighted by Crippen LogP contribution is 2.39.